The molecule has 3 aliphatic rings. The van der Waals surface area contributed by atoms with E-state index in [1.165, 1.54) is 24.3 Å². The normalized spacial score (nSPS) is 21.6. The number of allylic oxidation sites excluding steroid dienone is 1. The third-order valence-electron chi connectivity index (χ3n) is 7.20. The van der Waals surface area contributed by atoms with E-state index in [1.807, 2.05) is 6.07 Å². The second kappa shape index (κ2) is 10.5. The molecule has 8 nitrogen and oxygen atoms in total. The maximum absolute atomic E-state index is 14.1. The number of imide groups is 1. The van der Waals surface area contributed by atoms with Crippen molar-refractivity contribution < 1.29 is 32.3 Å². The zero-order valence-electron chi connectivity index (χ0n) is 20.8. The van der Waals surface area contributed by atoms with Gasteiger partial charge in [0.25, 0.3) is 0 Å². The number of anilines is 1. The number of Topliss-reactive ketones (excluding diaryl/α,β-unsaturated/α-hetero) is 1. The predicted octanol–water partition coefficient (Wildman–Crippen LogP) is 5.31. The van der Waals surface area contributed by atoms with E-state index < -0.39 is 29.8 Å². The summed E-state index contributed by atoms with van der Waals surface area (Å²) in [7, 11) is 0. The Morgan fingerprint density at radius 2 is 1.90 bits per heavy atom. The lowest BCUT2D eigenvalue weighted by Crippen LogP contribution is -2.57. The molecule has 0 bridgehead atoms. The number of rotatable bonds is 4. The minimum absolute atomic E-state index is 0.0489. The van der Waals surface area contributed by atoms with Crippen molar-refractivity contribution in [3.63, 3.8) is 0 Å². The third-order valence-corrected chi connectivity index (χ3v) is 7.20. The van der Waals surface area contributed by atoms with E-state index in [2.05, 4.69) is 5.32 Å². The maximum atomic E-state index is 14.1. The minimum atomic E-state index is -4.65. The van der Waals surface area contributed by atoms with E-state index in [0.717, 1.165) is 28.4 Å². The van der Waals surface area contributed by atoms with Crippen LogP contribution in [0.3, 0.4) is 0 Å². The molecular formula is C28H25F3N4O4. The summed E-state index contributed by atoms with van der Waals surface area (Å²) in [6, 6.07) is 9.76. The highest BCUT2D eigenvalue weighted by Crippen LogP contribution is 2.44. The Labute approximate surface area is 222 Å². The van der Waals surface area contributed by atoms with Gasteiger partial charge < -0.3 is 10.1 Å². The van der Waals surface area contributed by atoms with Crippen molar-refractivity contribution in [3.05, 3.63) is 76.5 Å². The van der Waals surface area contributed by atoms with Gasteiger partial charge >= 0.3 is 18.2 Å². The number of ketones is 1. The van der Waals surface area contributed by atoms with E-state index >= 15 is 0 Å². The molecule has 202 valence electrons. The van der Waals surface area contributed by atoms with Crippen LogP contribution in [0.2, 0.25) is 0 Å². The number of ether oxygens (including phenoxy) is 1. The average Bonchev–Trinajstić information content (AvgIpc) is 3.45. The van der Waals surface area contributed by atoms with E-state index in [9.17, 15) is 32.8 Å². The van der Waals surface area contributed by atoms with Gasteiger partial charge in [-0.3, -0.25) is 9.69 Å². The SMILES string of the molecule is N#Cc1ccc(C2C3=C(CCCC3=O)N(c3cccc(C(F)(F)F)c3)C(=O)N2C(=O)NCC2CCOC2)cc1. The van der Waals surface area contributed by atoms with Crippen molar-refractivity contribution in [2.75, 3.05) is 24.7 Å². The molecule has 4 amide bonds. The van der Waals surface area contributed by atoms with Crippen molar-refractivity contribution in [3.8, 4) is 6.07 Å². The first-order valence-electron chi connectivity index (χ1n) is 12.6. The summed E-state index contributed by atoms with van der Waals surface area (Å²) < 4.78 is 46.0. The topological polar surface area (TPSA) is 103 Å². The summed E-state index contributed by atoms with van der Waals surface area (Å²) in [6.45, 7) is 1.24. The molecular weight excluding hydrogens is 513 g/mol. The highest BCUT2D eigenvalue weighted by atomic mass is 19.4. The third kappa shape index (κ3) is 5.12. The average molecular weight is 539 g/mol. The molecule has 1 fully saturated rings. The van der Waals surface area contributed by atoms with Gasteiger partial charge in [-0.1, -0.05) is 18.2 Å². The molecule has 1 aliphatic carbocycles. The summed E-state index contributed by atoms with van der Waals surface area (Å²) in [6.07, 6.45) is -3.07. The Bertz CT molecular complexity index is 1370. The lowest BCUT2D eigenvalue weighted by atomic mass is 9.83. The molecule has 11 heteroatoms. The Morgan fingerprint density at radius 1 is 1.13 bits per heavy atom. The number of urea groups is 2. The van der Waals surface area contributed by atoms with Gasteiger partial charge in [0.15, 0.2) is 5.78 Å². The molecule has 0 saturated carbocycles. The number of nitrogens with one attached hydrogen (secondary N) is 1. The predicted molar refractivity (Wildman–Crippen MR) is 133 cm³/mol. The first-order valence-corrected chi connectivity index (χ1v) is 12.6. The Hall–Kier alpha value is -4.17. The van der Waals surface area contributed by atoms with Crippen molar-refractivity contribution in [1.29, 1.82) is 5.26 Å². The van der Waals surface area contributed by atoms with Crippen LogP contribution in [-0.2, 0) is 15.7 Å². The van der Waals surface area contributed by atoms with Gasteiger partial charge in [-0.2, -0.15) is 18.4 Å². The largest absolute Gasteiger partial charge is 0.416 e. The van der Waals surface area contributed by atoms with E-state index in [4.69, 9.17) is 4.74 Å². The number of nitrogens with zero attached hydrogens (tertiary/aromatic N) is 3. The quantitative estimate of drug-likeness (QED) is 0.568. The molecule has 2 atom stereocenters. The number of nitriles is 1. The minimum Gasteiger partial charge on any atom is -0.381 e. The summed E-state index contributed by atoms with van der Waals surface area (Å²) in [5.41, 5.74) is 0.211. The first-order chi connectivity index (χ1) is 18.7. The van der Waals surface area contributed by atoms with E-state index in [0.29, 0.717) is 30.8 Å². The van der Waals surface area contributed by atoms with Crippen molar-refractivity contribution in [2.24, 2.45) is 5.92 Å². The van der Waals surface area contributed by atoms with Crippen molar-refractivity contribution in [1.82, 2.24) is 10.2 Å². The fourth-order valence-electron chi connectivity index (χ4n) is 5.26. The zero-order chi connectivity index (χ0) is 27.7. The van der Waals surface area contributed by atoms with Crippen LogP contribution in [0.15, 0.2) is 59.8 Å². The monoisotopic (exact) mass is 538 g/mol. The van der Waals surface area contributed by atoms with Crippen molar-refractivity contribution in [2.45, 2.75) is 37.9 Å². The van der Waals surface area contributed by atoms with Crippen LogP contribution in [-0.4, -0.2) is 42.5 Å². The molecule has 39 heavy (non-hydrogen) atoms. The molecule has 2 heterocycles. The van der Waals surface area contributed by atoms with Crippen LogP contribution in [0.5, 0.6) is 0 Å². The van der Waals surface area contributed by atoms with Crippen molar-refractivity contribution >= 4 is 23.5 Å². The first kappa shape index (κ1) is 26.4. The van der Waals surface area contributed by atoms with Crippen LogP contribution in [0.25, 0.3) is 0 Å². The lowest BCUT2D eigenvalue weighted by molar-refractivity contribution is -0.137. The number of alkyl halides is 3. The summed E-state index contributed by atoms with van der Waals surface area (Å²) in [5, 5.41) is 12.0. The fourth-order valence-corrected chi connectivity index (χ4v) is 5.26. The molecule has 2 aromatic carbocycles. The van der Waals surface area contributed by atoms with Crippen LogP contribution >= 0.6 is 0 Å². The fraction of sp³-hybridized carbons (Fsp3) is 0.357. The van der Waals surface area contributed by atoms with Gasteiger partial charge in [0.1, 0.15) is 0 Å². The van der Waals surface area contributed by atoms with E-state index in [1.54, 1.807) is 12.1 Å². The number of amides is 4. The molecule has 0 spiro atoms. The number of carbonyl (C=O) groups excluding carboxylic acids is 3. The molecule has 1 N–H and O–H groups in total. The summed E-state index contributed by atoms with van der Waals surface area (Å²) >= 11 is 0. The molecule has 0 aromatic heterocycles. The standard InChI is InChI=1S/C28H25F3N4O4/c29-28(30,31)20-3-1-4-21(13-20)34-22-5-2-6-23(36)24(22)25(19-9-7-17(14-32)8-10-19)35(27(34)38)26(37)33-15-18-11-12-39-16-18/h1,3-4,7-10,13,18,25H,2,5-6,11-12,15-16H2,(H,33,37). The van der Waals surface area contributed by atoms with Gasteiger partial charge in [-0.15, -0.1) is 0 Å². The van der Waals surface area contributed by atoms with Crippen LogP contribution in [0.1, 0.15) is 48.4 Å². The summed E-state index contributed by atoms with van der Waals surface area (Å²) in [4.78, 5) is 43.0. The maximum Gasteiger partial charge on any atom is 0.416 e. The molecule has 2 unspecified atom stereocenters. The smallest absolute Gasteiger partial charge is 0.381 e. The van der Waals surface area contributed by atoms with E-state index in [-0.39, 0.29) is 48.0 Å². The molecule has 1 saturated heterocycles. The van der Waals surface area contributed by atoms with Crippen LogP contribution in [0, 0.1) is 17.2 Å². The Balaban J connectivity index is 1.64. The number of benzene rings is 2. The van der Waals surface area contributed by atoms with Crippen LogP contribution < -0.4 is 10.2 Å². The number of carbonyl (C=O) groups is 3. The highest BCUT2D eigenvalue weighted by molar-refractivity contribution is 6.11. The second-order valence-corrected chi connectivity index (χ2v) is 9.73. The van der Waals surface area contributed by atoms with Gasteiger partial charge in [0.05, 0.1) is 35.5 Å². The Morgan fingerprint density at radius 3 is 2.56 bits per heavy atom. The summed E-state index contributed by atoms with van der Waals surface area (Å²) in [5.74, 6) is -0.245. The van der Waals surface area contributed by atoms with Gasteiger partial charge in [-0.05, 0) is 55.2 Å². The van der Waals surface area contributed by atoms with Gasteiger partial charge in [0, 0.05) is 36.8 Å². The Kier molecular flexibility index (Phi) is 7.14. The van der Waals surface area contributed by atoms with Crippen LogP contribution in [0.4, 0.5) is 28.4 Å². The lowest BCUT2D eigenvalue weighted by Gasteiger charge is -2.44. The zero-order valence-corrected chi connectivity index (χ0v) is 20.8. The van der Waals surface area contributed by atoms with Gasteiger partial charge in [-0.25, -0.2) is 14.5 Å². The number of hydrogen-bond donors (Lipinski definition) is 1. The molecule has 5 rings (SSSR count). The molecule has 2 aromatic rings. The number of halogens is 3. The molecule has 2 aliphatic heterocycles. The van der Waals surface area contributed by atoms with Gasteiger partial charge in [0.2, 0.25) is 0 Å². The number of hydrogen-bond acceptors (Lipinski definition) is 5. The molecule has 0 radical (unpaired) electrons. The second-order valence-electron chi connectivity index (χ2n) is 9.73. The highest BCUT2D eigenvalue weighted by Gasteiger charge is 2.47.